The van der Waals surface area contributed by atoms with E-state index in [9.17, 15) is 9.41 Å². The van der Waals surface area contributed by atoms with Crippen LogP contribution in [-0.4, -0.2) is 17.8 Å². The van der Waals surface area contributed by atoms with Gasteiger partial charge in [0.2, 0.25) is 0 Å². The molecule has 2 N–H and O–H groups in total. The monoisotopic (exact) mass is 240 g/mol. The Hall–Kier alpha value is -2.14. The molecule has 0 aliphatic carbocycles. The van der Waals surface area contributed by atoms with E-state index in [2.05, 4.69) is 10.4 Å². The first kappa shape index (κ1) is 11.0. The zero-order valence-corrected chi connectivity index (χ0v) is 9.47. The minimum atomic E-state index is -0.895. The fraction of sp³-hybridized carbons (Fsp3) is 0. The van der Waals surface area contributed by atoms with Crippen LogP contribution in [0.25, 0.3) is 0 Å². The van der Waals surface area contributed by atoms with E-state index < -0.39 is 7.05 Å². The number of hydrogen-bond acceptors (Lipinski definition) is 3. The second-order valence-electron chi connectivity index (χ2n) is 4.09. The zero-order chi connectivity index (χ0) is 12.5. The highest BCUT2D eigenvalue weighted by atomic mass is 19.1. The summed E-state index contributed by atoms with van der Waals surface area (Å²) in [7, 11) is -0.895. The van der Waals surface area contributed by atoms with Crippen LogP contribution in [0.1, 0.15) is 11.1 Å². The van der Waals surface area contributed by atoms with E-state index in [4.69, 9.17) is 0 Å². The van der Waals surface area contributed by atoms with Gasteiger partial charge in [-0.05, 0) is 17.6 Å². The van der Waals surface area contributed by atoms with Gasteiger partial charge in [0, 0.05) is 11.1 Å². The Kier molecular flexibility index (Phi) is 2.61. The summed E-state index contributed by atoms with van der Waals surface area (Å²) in [6, 6.07) is 13.8. The minimum Gasteiger partial charge on any atom is -0.428 e. The standard InChI is InChI=1S/C13H10BFN2O/c15-10-6-7-12-11(8-10)13(16-17-14(12)18)9-4-2-1-3-5-9/h1-8,17-18H. The van der Waals surface area contributed by atoms with Gasteiger partial charge < -0.3 is 10.4 Å². The molecule has 0 radical (unpaired) electrons. The molecule has 0 saturated heterocycles. The van der Waals surface area contributed by atoms with E-state index in [-0.39, 0.29) is 5.82 Å². The molecule has 88 valence electrons. The molecule has 0 aromatic heterocycles. The molecular formula is C13H10BFN2O. The normalized spacial score (nSPS) is 13.7. The molecular weight excluding hydrogens is 230 g/mol. The van der Waals surface area contributed by atoms with E-state index >= 15 is 0 Å². The number of fused-ring (bicyclic) bond motifs is 1. The number of benzene rings is 2. The summed E-state index contributed by atoms with van der Waals surface area (Å²) in [6.45, 7) is 0. The fourth-order valence-electron chi connectivity index (χ4n) is 2.04. The van der Waals surface area contributed by atoms with Crippen molar-refractivity contribution in [2.75, 3.05) is 0 Å². The van der Waals surface area contributed by atoms with Crippen LogP contribution in [0.5, 0.6) is 0 Å². The van der Waals surface area contributed by atoms with Crippen LogP contribution < -0.4 is 10.8 Å². The zero-order valence-electron chi connectivity index (χ0n) is 9.47. The van der Waals surface area contributed by atoms with Crippen molar-refractivity contribution in [2.24, 2.45) is 5.10 Å². The molecule has 1 aliphatic heterocycles. The number of rotatable bonds is 1. The number of nitrogens with zero attached hydrogens (tertiary/aromatic N) is 1. The maximum atomic E-state index is 13.4. The molecule has 0 spiro atoms. The summed E-state index contributed by atoms with van der Waals surface area (Å²) in [5, 5.41) is 16.5. The Bertz CT molecular complexity index is 616. The van der Waals surface area contributed by atoms with Gasteiger partial charge in [-0.15, -0.1) is 0 Å². The van der Waals surface area contributed by atoms with Crippen molar-refractivity contribution < 1.29 is 9.41 Å². The summed E-state index contributed by atoms with van der Waals surface area (Å²) in [6.07, 6.45) is 0. The molecule has 5 heteroatoms. The SMILES string of the molecule is OB1NN=C(c2ccccc2)c2cc(F)ccc21. The van der Waals surface area contributed by atoms with E-state index in [1.807, 2.05) is 30.3 Å². The van der Waals surface area contributed by atoms with Crippen molar-refractivity contribution in [3.63, 3.8) is 0 Å². The molecule has 2 aromatic rings. The number of nitrogens with one attached hydrogen (secondary N) is 1. The second-order valence-corrected chi connectivity index (χ2v) is 4.09. The maximum absolute atomic E-state index is 13.4. The van der Waals surface area contributed by atoms with E-state index in [0.29, 0.717) is 16.7 Å². The van der Waals surface area contributed by atoms with Crippen molar-refractivity contribution in [3.05, 3.63) is 65.5 Å². The van der Waals surface area contributed by atoms with Crippen LogP contribution in [0.3, 0.4) is 0 Å². The minimum absolute atomic E-state index is 0.341. The molecule has 0 saturated carbocycles. The maximum Gasteiger partial charge on any atom is 0.464 e. The van der Waals surface area contributed by atoms with E-state index in [1.54, 1.807) is 6.07 Å². The quantitative estimate of drug-likeness (QED) is 0.726. The van der Waals surface area contributed by atoms with Crippen molar-refractivity contribution >= 4 is 18.2 Å². The first-order chi connectivity index (χ1) is 8.75. The average molecular weight is 240 g/mol. The molecule has 1 aliphatic rings. The summed E-state index contributed by atoms with van der Waals surface area (Å²) < 4.78 is 13.4. The predicted molar refractivity (Wildman–Crippen MR) is 69.2 cm³/mol. The van der Waals surface area contributed by atoms with Crippen LogP contribution >= 0.6 is 0 Å². The number of halogens is 1. The molecule has 0 fully saturated rings. The van der Waals surface area contributed by atoms with E-state index in [1.165, 1.54) is 12.1 Å². The van der Waals surface area contributed by atoms with Gasteiger partial charge in [-0.1, -0.05) is 36.4 Å². The third-order valence-electron chi connectivity index (χ3n) is 2.91. The molecule has 3 nitrogen and oxygen atoms in total. The van der Waals surface area contributed by atoms with Crippen molar-refractivity contribution in [3.8, 4) is 0 Å². The van der Waals surface area contributed by atoms with Crippen molar-refractivity contribution in [1.82, 2.24) is 5.34 Å². The van der Waals surface area contributed by atoms with Crippen molar-refractivity contribution in [2.45, 2.75) is 0 Å². The highest BCUT2D eigenvalue weighted by Gasteiger charge is 2.26. The van der Waals surface area contributed by atoms with Crippen LogP contribution in [0.4, 0.5) is 4.39 Å². The van der Waals surface area contributed by atoms with Gasteiger partial charge in [0.1, 0.15) is 5.82 Å². The summed E-state index contributed by atoms with van der Waals surface area (Å²) in [4.78, 5) is 0. The first-order valence-corrected chi connectivity index (χ1v) is 5.62. The highest BCUT2D eigenvalue weighted by molar-refractivity contribution is 6.66. The average Bonchev–Trinajstić information content (AvgIpc) is 2.40. The van der Waals surface area contributed by atoms with Gasteiger partial charge in [-0.2, -0.15) is 5.10 Å². The lowest BCUT2D eigenvalue weighted by atomic mass is 9.70. The Morgan fingerprint density at radius 2 is 1.89 bits per heavy atom. The molecule has 3 rings (SSSR count). The predicted octanol–water partition coefficient (Wildman–Crippen LogP) is 0.869. The van der Waals surface area contributed by atoms with Gasteiger partial charge >= 0.3 is 7.05 Å². The van der Waals surface area contributed by atoms with Gasteiger partial charge in [-0.3, -0.25) is 0 Å². The Morgan fingerprint density at radius 3 is 2.67 bits per heavy atom. The topological polar surface area (TPSA) is 44.6 Å². The molecule has 1 heterocycles. The second kappa shape index (κ2) is 4.27. The molecule has 0 bridgehead atoms. The number of hydrazone groups is 1. The number of hydrogen-bond donors (Lipinski definition) is 2. The van der Waals surface area contributed by atoms with Crippen LogP contribution in [0.2, 0.25) is 0 Å². The van der Waals surface area contributed by atoms with Gasteiger partial charge in [0.25, 0.3) is 0 Å². The first-order valence-electron chi connectivity index (χ1n) is 5.62. The van der Waals surface area contributed by atoms with Crippen LogP contribution in [0.15, 0.2) is 53.6 Å². The van der Waals surface area contributed by atoms with Crippen LogP contribution in [-0.2, 0) is 0 Å². The molecule has 0 unspecified atom stereocenters. The molecule has 0 amide bonds. The molecule has 0 atom stereocenters. The summed E-state index contributed by atoms with van der Waals surface area (Å²) in [5.41, 5.74) is 2.76. The summed E-state index contributed by atoms with van der Waals surface area (Å²) in [5.74, 6) is -0.341. The Labute approximate surface area is 104 Å². The largest absolute Gasteiger partial charge is 0.464 e. The van der Waals surface area contributed by atoms with Crippen LogP contribution in [0, 0.1) is 5.82 Å². The third-order valence-corrected chi connectivity index (χ3v) is 2.91. The van der Waals surface area contributed by atoms with Gasteiger partial charge in [0.15, 0.2) is 0 Å². The fourth-order valence-corrected chi connectivity index (χ4v) is 2.04. The van der Waals surface area contributed by atoms with Gasteiger partial charge in [0.05, 0.1) is 5.71 Å². The smallest absolute Gasteiger partial charge is 0.428 e. The highest BCUT2D eigenvalue weighted by Crippen LogP contribution is 2.13. The molecule has 2 aromatic carbocycles. The third kappa shape index (κ3) is 1.78. The lowest BCUT2D eigenvalue weighted by Crippen LogP contribution is -2.49. The summed E-state index contributed by atoms with van der Waals surface area (Å²) >= 11 is 0. The van der Waals surface area contributed by atoms with E-state index in [0.717, 1.165) is 5.56 Å². The van der Waals surface area contributed by atoms with Crippen molar-refractivity contribution in [1.29, 1.82) is 0 Å². The molecule has 18 heavy (non-hydrogen) atoms. The van der Waals surface area contributed by atoms with Gasteiger partial charge in [-0.25, -0.2) is 4.39 Å². The Morgan fingerprint density at radius 1 is 1.11 bits per heavy atom. The Balaban J connectivity index is 2.17. The lowest BCUT2D eigenvalue weighted by Gasteiger charge is -2.19. The lowest BCUT2D eigenvalue weighted by molar-refractivity contribution is 0.564.